The highest BCUT2D eigenvalue weighted by molar-refractivity contribution is 5.93. The predicted octanol–water partition coefficient (Wildman–Crippen LogP) is 1.65. The molecule has 2 aromatic rings. The molecule has 0 radical (unpaired) electrons. The van der Waals surface area contributed by atoms with E-state index in [1.165, 1.54) is 10.9 Å². The van der Waals surface area contributed by atoms with E-state index in [4.69, 9.17) is 9.47 Å². The van der Waals surface area contributed by atoms with Crippen LogP contribution in [0.4, 0.5) is 0 Å². The predicted molar refractivity (Wildman–Crippen MR) is 112 cm³/mol. The SMILES string of the molecule is COCCCNC(=O)[C@@H]1[C@@H]2C=C[C@@]3(CN(CCc4c[nH]c5ccccc45)C(=O)[C@H]13)O2. The third-order valence-electron chi connectivity index (χ3n) is 6.63. The molecule has 158 valence electrons. The Labute approximate surface area is 175 Å². The van der Waals surface area contributed by atoms with E-state index in [0.717, 1.165) is 18.4 Å². The molecular formula is C23H27N3O4. The van der Waals surface area contributed by atoms with Crippen LogP contribution in [0, 0.1) is 11.8 Å². The topological polar surface area (TPSA) is 83.7 Å². The number of rotatable bonds is 8. The number of fused-ring (bicyclic) bond motifs is 2. The molecule has 4 heterocycles. The number of nitrogens with one attached hydrogen (secondary N) is 2. The molecule has 4 atom stereocenters. The first-order chi connectivity index (χ1) is 14.6. The van der Waals surface area contributed by atoms with Crippen LogP contribution < -0.4 is 5.32 Å². The van der Waals surface area contributed by atoms with E-state index in [9.17, 15) is 9.59 Å². The molecule has 7 heteroatoms. The molecule has 3 aliphatic heterocycles. The van der Waals surface area contributed by atoms with Gasteiger partial charge in [0.25, 0.3) is 0 Å². The molecule has 2 saturated heterocycles. The first-order valence-electron chi connectivity index (χ1n) is 10.6. The molecule has 2 fully saturated rings. The van der Waals surface area contributed by atoms with Crippen LogP contribution in [0.25, 0.3) is 10.9 Å². The standard InChI is InChI=1S/C23H27N3O4/c1-29-12-4-10-24-21(27)19-18-7-9-23(30-18)14-26(22(28)20(19)23)11-8-15-13-25-17-6-3-2-5-16(15)17/h2-3,5-7,9,13,18-20,25H,4,8,10-12,14H2,1H3,(H,24,27)/t18-,19+,20-,23-/m0/s1. The lowest BCUT2D eigenvalue weighted by molar-refractivity contribution is -0.137. The smallest absolute Gasteiger partial charge is 0.230 e. The quantitative estimate of drug-likeness (QED) is 0.513. The minimum absolute atomic E-state index is 0.0266. The van der Waals surface area contributed by atoms with Gasteiger partial charge in [0, 0.05) is 43.9 Å². The van der Waals surface area contributed by atoms with Crippen LogP contribution in [-0.2, 0) is 25.5 Å². The maximum atomic E-state index is 13.3. The van der Waals surface area contributed by atoms with E-state index in [1.807, 2.05) is 35.4 Å². The molecule has 1 spiro atoms. The van der Waals surface area contributed by atoms with Gasteiger partial charge < -0.3 is 24.7 Å². The van der Waals surface area contributed by atoms with E-state index in [-0.39, 0.29) is 17.9 Å². The number of hydrogen-bond donors (Lipinski definition) is 2. The average Bonchev–Trinajstić information content (AvgIpc) is 3.49. The summed E-state index contributed by atoms with van der Waals surface area (Å²) in [7, 11) is 1.64. The van der Waals surface area contributed by atoms with Crippen molar-refractivity contribution in [1.29, 1.82) is 0 Å². The lowest BCUT2D eigenvalue weighted by Gasteiger charge is -2.23. The maximum Gasteiger partial charge on any atom is 0.230 e. The van der Waals surface area contributed by atoms with Gasteiger partial charge in [-0.3, -0.25) is 9.59 Å². The van der Waals surface area contributed by atoms with E-state index in [2.05, 4.69) is 22.4 Å². The highest BCUT2D eigenvalue weighted by Gasteiger charge is 2.66. The first kappa shape index (κ1) is 19.3. The second-order valence-electron chi connectivity index (χ2n) is 8.41. The summed E-state index contributed by atoms with van der Waals surface area (Å²) in [5.74, 6) is -0.959. The first-order valence-corrected chi connectivity index (χ1v) is 10.6. The van der Waals surface area contributed by atoms with Gasteiger partial charge in [-0.05, 0) is 24.5 Å². The molecule has 5 rings (SSSR count). The van der Waals surface area contributed by atoms with Crippen molar-refractivity contribution < 1.29 is 19.1 Å². The Morgan fingerprint density at radius 2 is 2.27 bits per heavy atom. The van der Waals surface area contributed by atoms with Crippen molar-refractivity contribution in [2.75, 3.05) is 33.4 Å². The summed E-state index contributed by atoms with van der Waals surface area (Å²) < 4.78 is 11.2. The summed E-state index contributed by atoms with van der Waals surface area (Å²) in [6.07, 6.45) is 7.17. The molecule has 30 heavy (non-hydrogen) atoms. The fourth-order valence-corrected chi connectivity index (χ4v) is 5.21. The number of ether oxygens (including phenoxy) is 2. The van der Waals surface area contributed by atoms with Gasteiger partial charge in [0.05, 0.1) is 24.5 Å². The molecule has 2 bridgehead atoms. The van der Waals surface area contributed by atoms with Crippen LogP contribution >= 0.6 is 0 Å². The van der Waals surface area contributed by atoms with Crippen molar-refractivity contribution in [3.8, 4) is 0 Å². The molecule has 0 saturated carbocycles. The number of aromatic amines is 1. The van der Waals surface area contributed by atoms with E-state index in [0.29, 0.717) is 26.2 Å². The average molecular weight is 409 g/mol. The number of aromatic nitrogens is 1. The molecule has 0 unspecified atom stereocenters. The lowest BCUT2D eigenvalue weighted by Crippen LogP contribution is -2.44. The molecule has 2 amide bonds. The van der Waals surface area contributed by atoms with Gasteiger partial charge in [-0.25, -0.2) is 0 Å². The van der Waals surface area contributed by atoms with Crippen LogP contribution in [0.3, 0.4) is 0 Å². The highest BCUT2D eigenvalue weighted by atomic mass is 16.5. The van der Waals surface area contributed by atoms with Crippen LogP contribution in [-0.4, -0.2) is 66.8 Å². The fraction of sp³-hybridized carbons (Fsp3) is 0.478. The molecule has 1 aromatic heterocycles. The Kier molecular flexibility index (Phi) is 4.87. The van der Waals surface area contributed by atoms with Crippen molar-refractivity contribution >= 4 is 22.7 Å². The number of carbonyl (C=O) groups excluding carboxylic acids is 2. The number of H-pyrrole nitrogens is 1. The summed E-state index contributed by atoms with van der Waals surface area (Å²) in [6, 6.07) is 8.18. The number of methoxy groups -OCH3 is 1. The van der Waals surface area contributed by atoms with Crippen molar-refractivity contribution in [3.63, 3.8) is 0 Å². The van der Waals surface area contributed by atoms with Crippen molar-refractivity contribution in [2.24, 2.45) is 11.8 Å². The van der Waals surface area contributed by atoms with Gasteiger partial charge in [0.1, 0.15) is 5.60 Å². The molecule has 2 N–H and O–H groups in total. The number of carbonyl (C=O) groups is 2. The summed E-state index contributed by atoms with van der Waals surface area (Å²) in [6.45, 7) is 2.26. The summed E-state index contributed by atoms with van der Waals surface area (Å²) in [4.78, 5) is 31.3. The van der Waals surface area contributed by atoms with Crippen molar-refractivity contribution in [2.45, 2.75) is 24.5 Å². The van der Waals surface area contributed by atoms with Gasteiger partial charge in [-0.1, -0.05) is 30.4 Å². The number of likely N-dealkylation sites (tertiary alicyclic amines) is 1. The highest BCUT2D eigenvalue weighted by Crippen LogP contribution is 2.51. The number of amides is 2. The Balaban J connectivity index is 1.27. The van der Waals surface area contributed by atoms with Gasteiger partial charge in [-0.15, -0.1) is 0 Å². The monoisotopic (exact) mass is 409 g/mol. The van der Waals surface area contributed by atoms with Crippen LogP contribution in [0.1, 0.15) is 12.0 Å². The number of benzene rings is 1. The van der Waals surface area contributed by atoms with Gasteiger partial charge in [0.15, 0.2) is 0 Å². The van der Waals surface area contributed by atoms with Crippen LogP contribution in [0.2, 0.25) is 0 Å². The minimum Gasteiger partial charge on any atom is -0.385 e. The third kappa shape index (κ3) is 3.04. The normalized spacial score (nSPS) is 29.2. The second-order valence-corrected chi connectivity index (χ2v) is 8.41. The summed E-state index contributed by atoms with van der Waals surface area (Å²) in [5, 5.41) is 4.14. The Bertz CT molecular complexity index is 999. The van der Waals surface area contributed by atoms with Crippen molar-refractivity contribution in [1.82, 2.24) is 15.2 Å². The molecule has 0 aliphatic carbocycles. The van der Waals surface area contributed by atoms with Crippen LogP contribution in [0.15, 0.2) is 42.6 Å². The minimum atomic E-state index is -0.656. The summed E-state index contributed by atoms with van der Waals surface area (Å²) in [5.41, 5.74) is 1.64. The van der Waals surface area contributed by atoms with Crippen molar-refractivity contribution in [3.05, 3.63) is 48.2 Å². The zero-order valence-electron chi connectivity index (χ0n) is 17.1. The van der Waals surface area contributed by atoms with E-state index < -0.39 is 17.4 Å². The Morgan fingerprint density at radius 3 is 3.13 bits per heavy atom. The third-order valence-corrected chi connectivity index (χ3v) is 6.63. The fourth-order valence-electron chi connectivity index (χ4n) is 5.21. The molecule has 3 aliphatic rings. The number of hydrogen-bond acceptors (Lipinski definition) is 4. The van der Waals surface area contributed by atoms with Crippen LogP contribution in [0.5, 0.6) is 0 Å². The molecular weight excluding hydrogens is 382 g/mol. The largest absolute Gasteiger partial charge is 0.385 e. The second kappa shape index (κ2) is 7.56. The van der Waals surface area contributed by atoms with E-state index >= 15 is 0 Å². The zero-order valence-corrected chi connectivity index (χ0v) is 17.1. The zero-order chi connectivity index (χ0) is 20.7. The van der Waals surface area contributed by atoms with Gasteiger partial charge in [0.2, 0.25) is 11.8 Å². The maximum absolute atomic E-state index is 13.3. The lowest BCUT2D eigenvalue weighted by atomic mass is 9.77. The Hall–Kier alpha value is -2.64. The van der Waals surface area contributed by atoms with E-state index in [1.54, 1.807) is 7.11 Å². The molecule has 1 aromatic carbocycles. The molecule has 7 nitrogen and oxygen atoms in total. The summed E-state index contributed by atoms with van der Waals surface area (Å²) >= 11 is 0. The van der Waals surface area contributed by atoms with Gasteiger partial charge >= 0.3 is 0 Å². The Morgan fingerprint density at radius 1 is 1.40 bits per heavy atom. The number of para-hydroxylation sites is 1. The number of nitrogens with zero attached hydrogens (tertiary/aromatic N) is 1. The van der Waals surface area contributed by atoms with Gasteiger partial charge in [-0.2, -0.15) is 0 Å².